The number of aromatic nitrogens is 1. The molecule has 0 bridgehead atoms. The fourth-order valence-electron chi connectivity index (χ4n) is 4.41. The summed E-state index contributed by atoms with van der Waals surface area (Å²) < 4.78 is 31.0. The highest BCUT2D eigenvalue weighted by Gasteiger charge is 2.23. The Labute approximate surface area is 225 Å². The van der Waals surface area contributed by atoms with E-state index >= 15 is 0 Å². The van der Waals surface area contributed by atoms with E-state index in [4.69, 9.17) is 0 Å². The van der Waals surface area contributed by atoms with E-state index in [1.807, 2.05) is 60.0 Å². The smallest absolute Gasteiger partial charge is 0.279 e. The van der Waals surface area contributed by atoms with Crippen molar-refractivity contribution < 1.29 is 13.2 Å². The fourth-order valence-corrected chi connectivity index (χ4v) is 7.02. The first kappa shape index (κ1) is 25.8. The second-order valence-electron chi connectivity index (χ2n) is 8.78. The number of thiazole rings is 1. The van der Waals surface area contributed by atoms with E-state index in [1.54, 1.807) is 6.08 Å². The van der Waals surface area contributed by atoms with Crippen molar-refractivity contribution >= 4 is 48.3 Å². The number of carbonyl (C=O) groups excluding carboxylic acids is 1. The van der Waals surface area contributed by atoms with E-state index in [9.17, 15) is 13.2 Å². The number of allylic oxidation sites excluding steroid dienone is 1. The van der Waals surface area contributed by atoms with Gasteiger partial charge in [-0.25, -0.2) is 8.42 Å². The van der Waals surface area contributed by atoms with Gasteiger partial charge in [-0.1, -0.05) is 85.0 Å². The van der Waals surface area contributed by atoms with Gasteiger partial charge < -0.3 is 4.57 Å². The van der Waals surface area contributed by atoms with E-state index < -0.39 is 15.9 Å². The third-order valence-electron chi connectivity index (χ3n) is 6.38. The molecule has 5 aromatic rings. The number of sulfonamides is 1. The standard InChI is InChI=1S/C30H27N3O3S2/c1-3-20-33-27-19-16-23-12-8-9-13-26(23)28(27)37-30(33)31-29(34)24-14-17-25(18-15-24)38(35,36)32(4-2)21-22-10-6-5-7-11-22/h3,5-19H,1,4,20-21H2,2H3. The molecular formula is C30H27N3O3S2. The third-order valence-corrected chi connectivity index (χ3v) is 9.44. The first-order valence-corrected chi connectivity index (χ1v) is 14.5. The predicted octanol–water partition coefficient (Wildman–Crippen LogP) is 5.99. The fraction of sp³-hybridized carbons (Fsp3) is 0.133. The van der Waals surface area contributed by atoms with Gasteiger partial charge in [0.2, 0.25) is 10.0 Å². The van der Waals surface area contributed by atoms with Crippen molar-refractivity contribution in [2.75, 3.05) is 6.54 Å². The van der Waals surface area contributed by atoms with Crippen LogP contribution < -0.4 is 4.80 Å². The molecule has 0 N–H and O–H groups in total. The summed E-state index contributed by atoms with van der Waals surface area (Å²) >= 11 is 1.46. The van der Waals surface area contributed by atoms with E-state index in [2.05, 4.69) is 29.8 Å². The second kappa shape index (κ2) is 10.9. The maximum atomic E-state index is 13.3. The highest BCUT2D eigenvalue weighted by atomic mass is 32.2. The van der Waals surface area contributed by atoms with Gasteiger partial charge in [-0.15, -0.1) is 6.58 Å². The molecule has 1 amide bonds. The van der Waals surface area contributed by atoms with E-state index in [1.165, 1.54) is 39.9 Å². The van der Waals surface area contributed by atoms with Crippen molar-refractivity contribution in [1.29, 1.82) is 0 Å². The molecule has 4 aromatic carbocycles. The average molecular weight is 542 g/mol. The molecule has 0 unspecified atom stereocenters. The number of hydrogen-bond acceptors (Lipinski definition) is 4. The topological polar surface area (TPSA) is 71.7 Å². The lowest BCUT2D eigenvalue weighted by molar-refractivity contribution is 0.0997. The van der Waals surface area contributed by atoms with Crippen LogP contribution in [-0.2, 0) is 23.1 Å². The Morgan fingerprint density at radius 3 is 2.39 bits per heavy atom. The number of hydrogen-bond donors (Lipinski definition) is 0. The van der Waals surface area contributed by atoms with Crippen molar-refractivity contribution in [2.45, 2.75) is 24.9 Å². The van der Waals surface area contributed by atoms with Crippen LogP contribution >= 0.6 is 11.3 Å². The van der Waals surface area contributed by atoms with Crippen molar-refractivity contribution in [3.63, 3.8) is 0 Å². The van der Waals surface area contributed by atoms with Gasteiger partial charge in [0.25, 0.3) is 5.91 Å². The summed E-state index contributed by atoms with van der Waals surface area (Å²) in [6, 6.07) is 27.7. The minimum atomic E-state index is -3.72. The Balaban J connectivity index is 1.47. The molecule has 1 heterocycles. The van der Waals surface area contributed by atoms with Crippen LogP contribution in [0.25, 0.3) is 21.0 Å². The maximum absolute atomic E-state index is 13.3. The number of fused-ring (bicyclic) bond motifs is 3. The zero-order valence-electron chi connectivity index (χ0n) is 20.9. The summed E-state index contributed by atoms with van der Waals surface area (Å²) in [5, 5.41) is 2.22. The molecule has 38 heavy (non-hydrogen) atoms. The van der Waals surface area contributed by atoms with Crippen molar-refractivity contribution in [2.24, 2.45) is 4.99 Å². The highest BCUT2D eigenvalue weighted by Crippen LogP contribution is 2.28. The molecule has 6 nitrogen and oxygen atoms in total. The highest BCUT2D eigenvalue weighted by molar-refractivity contribution is 7.89. The summed E-state index contributed by atoms with van der Waals surface area (Å²) in [4.78, 5) is 18.3. The molecule has 0 radical (unpaired) electrons. The first-order valence-electron chi connectivity index (χ1n) is 12.3. The van der Waals surface area contributed by atoms with Gasteiger partial charge in [-0.3, -0.25) is 4.79 Å². The van der Waals surface area contributed by atoms with Crippen LogP contribution in [-0.4, -0.2) is 29.7 Å². The summed E-state index contributed by atoms with van der Waals surface area (Å²) in [5.41, 5.74) is 2.22. The molecule has 0 aliphatic heterocycles. The molecule has 0 aliphatic rings. The van der Waals surface area contributed by atoms with Gasteiger partial charge in [0, 0.05) is 30.6 Å². The Kier molecular flexibility index (Phi) is 7.37. The summed E-state index contributed by atoms with van der Waals surface area (Å²) in [6.07, 6.45) is 1.78. The van der Waals surface area contributed by atoms with Gasteiger partial charge in [0.1, 0.15) is 0 Å². The molecule has 0 saturated heterocycles. The Morgan fingerprint density at radius 2 is 1.68 bits per heavy atom. The minimum Gasteiger partial charge on any atom is -0.312 e. The molecule has 0 aliphatic carbocycles. The van der Waals surface area contributed by atoms with Crippen molar-refractivity contribution in [3.8, 4) is 0 Å². The summed E-state index contributed by atoms with van der Waals surface area (Å²) in [6.45, 7) is 6.79. The normalized spacial score (nSPS) is 12.4. The van der Waals surface area contributed by atoms with Crippen LogP contribution in [0.1, 0.15) is 22.8 Å². The van der Waals surface area contributed by atoms with Crippen LogP contribution in [0.4, 0.5) is 0 Å². The second-order valence-corrected chi connectivity index (χ2v) is 11.7. The lowest BCUT2D eigenvalue weighted by Crippen LogP contribution is -2.30. The van der Waals surface area contributed by atoms with E-state index in [0.29, 0.717) is 23.5 Å². The maximum Gasteiger partial charge on any atom is 0.279 e. The van der Waals surface area contributed by atoms with Crippen LogP contribution in [0.2, 0.25) is 0 Å². The quantitative estimate of drug-likeness (QED) is 0.227. The molecule has 0 atom stereocenters. The lowest BCUT2D eigenvalue weighted by Gasteiger charge is -2.20. The molecule has 5 rings (SSSR count). The Hall–Kier alpha value is -3.85. The number of rotatable bonds is 8. The van der Waals surface area contributed by atoms with Crippen LogP contribution in [0, 0.1) is 0 Å². The van der Waals surface area contributed by atoms with Crippen LogP contribution in [0.5, 0.6) is 0 Å². The molecule has 0 spiro atoms. The minimum absolute atomic E-state index is 0.141. The molecule has 0 fully saturated rings. The van der Waals surface area contributed by atoms with Crippen molar-refractivity contribution in [1.82, 2.24) is 8.87 Å². The van der Waals surface area contributed by atoms with Gasteiger partial charge in [0.05, 0.1) is 15.1 Å². The molecule has 192 valence electrons. The van der Waals surface area contributed by atoms with E-state index in [0.717, 1.165) is 26.6 Å². The van der Waals surface area contributed by atoms with Crippen LogP contribution in [0.15, 0.2) is 114 Å². The Bertz CT molecular complexity index is 1800. The van der Waals surface area contributed by atoms with Gasteiger partial charge in [0.15, 0.2) is 4.80 Å². The molecule has 1 aromatic heterocycles. The third kappa shape index (κ3) is 4.98. The molecule has 0 saturated carbocycles. The van der Waals surface area contributed by atoms with E-state index in [-0.39, 0.29) is 11.4 Å². The molecule has 8 heteroatoms. The largest absolute Gasteiger partial charge is 0.312 e. The van der Waals surface area contributed by atoms with Crippen LogP contribution in [0.3, 0.4) is 0 Å². The summed E-state index contributed by atoms with van der Waals surface area (Å²) in [5.74, 6) is -0.431. The SMILES string of the molecule is C=CCn1c(=NC(=O)c2ccc(S(=O)(=O)N(CC)Cc3ccccc3)cc2)sc2c3ccccc3ccc21. The number of nitrogens with zero attached hydrogens (tertiary/aromatic N) is 3. The number of benzene rings is 4. The van der Waals surface area contributed by atoms with Gasteiger partial charge in [-0.2, -0.15) is 9.30 Å². The molecular weight excluding hydrogens is 514 g/mol. The number of carbonyl (C=O) groups is 1. The first-order chi connectivity index (χ1) is 18.4. The van der Waals surface area contributed by atoms with Gasteiger partial charge >= 0.3 is 0 Å². The van der Waals surface area contributed by atoms with Gasteiger partial charge in [-0.05, 0) is 41.3 Å². The number of amides is 1. The zero-order valence-corrected chi connectivity index (χ0v) is 22.6. The lowest BCUT2D eigenvalue weighted by atomic mass is 10.1. The monoisotopic (exact) mass is 541 g/mol. The average Bonchev–Trinajstić information content (AvgIpc) is 3.29. The van der Waals surface area contributed by atoms with Crippen molar-refractivity contribution in [3.05, 3.63) is 120 Å². The zero-order chi connectivity index (χ0) is 26.7. The summed E-state index contributed by atoms with van der Waals surface area (Å²) in [7, 11) is -3.72. The predicted molar refractivity (Wildman–Crippen MR) is 154 cm³/mol. The Morgan fingerprint density at radius 1 is 0.974 bits per heavy atom.